The summed E-state index contributed by atoms with van der Waals surface area (Å²) in [4.78, 5) is 14.5. The molecule has 0 amide bonds. The highest BCUT2D eigenvalue weighted by Crippen LogP contribution is 2.12. The van der Waals surface area contributed by atoms with Crippen molar-refractivity contribution in [3.8, 4) is 0 Å². The van der Waals surface area contributed by atoms with Crippen LogP contribution in [-0.2, 0) is 0 Å². The molecule has 82 valence electrons. The van der Waals surface area contributed by atoms with Crippen molar-refractivity contribution in [3.05, 3.63) is 34.0 Å². The quantitative estimate of drug-likeness (QED) is 0.742. The van der Waals surface area contributed by atoms with Gasteiger partial charge in [0, 0.05) is 25.4 Å². The highest BCUT2D eigenvalue weighted by atomic mass is 19.3. The fraction of sp³-hybridized carbons (Fsp3) is 0.250. The molecule has 0 unspecified atom stereocenters. The number of hydrogen-bond donors (Lipinski definition) is 2. The summed E-state index contributed by atoms with van der Waals surface area (Å²) in [7, 11) is 0. The molecule has 7 heteroatoms. The van der Waals surface area contributed by atoms with Crippen LogP contribution in [0.15, 0.2) is 27.9 Å². The number of halogens is 3. The van der Waals surface area contributed by atoms with Gasteiger partial charge in [-0.3, -0.25) is 14.9 Å². The first-order chi connectivity index (χ1) is 7.11. The molecule has 1 aromatic heterocycles. The van der Waals surface area contributed by atoms with E-state index in [4.69, 9.17) is 0 Å². The fourth-order valence-corrected chi connectivity index (χ4v) is 0.833. The maximum Gasteiger partial charge on any atom is 0.301 e. The number of nitrogens with zero attached hydrogens (tertiary/aromatic N) is 1. The van der Waals surface area contributed by atoms with E-state index in [1.165, 1.54) is 12.4 Å². The Bertz CT molecular complexity index is 428. The zero-order chi connectivity index (χ0) is 11.3. The Hall–Kier alpha value is -1.79. The van der Waals surface area contributed by atoms with Crippen molar-refractivity contribution >= 4 is 6.21 Å². The predicted molar refractivity (Wildman–Crippen MR) is 48.8 cm³/mol. The van der Waals surface area contributed by atoms with Gasteiger partial charge in [0.15, 0.2) is 5.83 Å². The number of rotatable bonds is 4. The van der Waals surface area contributed by atoms with Gasteiger partial charge in [-0.15, -0.1) is 0 Å². The fourth-order valence-electron chi connectivity index (χ4n) is 0.833. The van der Waals surface area contributed by atoms with Crippen LogP contribution in [0.3, 0.4) is 0 Å². The molecule has 1 rings (SSSR count). The summed E-state index contributed by atoms with van der Waals surface area (Å²) in [6.07, 6.45) is -0.238. The van der Waals surface area contributed by atoms with Crippen LogP contribution in [0.5, 0.6) is 0 Å². The molecule has 0 spiro atoms. The normalized spacial score (nSPS) is 10.9. The van der Waals surface area contributed by atoms with Crippen LogP contribution in [0.1, 0.15) is 12.0 Å². The van der Waals surface area contributed by atoms with Crippen LogP contribution in [0.2, 0.25) is 0 Å². The van der Waals surface area contributed by atoms with Crippen LogP contribution >= 0.6 is 0 Å². The highest BCUT2D eigenvalue weighted by Gasteiger charge is 2.03. The molecule has 0 aromatic carbocycles. The minimum absolute atomic E-state index is 0.131. The SMILES string of the molecule is O=c1[nH][nH]cc1C=NCCC(F)=C(F)F. The Morgan fingerprint density at radius 3 is 2.73 bits per heavy atom. The number of aromatic nitrogens is 2. The van der Waals surface area contributed by atoms with E-state index in [2.05, 4.69) is 15.2 Å². The molecule has 0 aliphatic rings. The van der Waals surface area contributed by atoms with Crippen molar-refractivity contribution in [2.45, 2.75) is 6.42 Å². The lowest BCUT2D eigenvalue weighted by Crippen LogP contribution is -2.04. The van der Waals surface area contributed by atoms with Gasteiger partial charge >= 0.3 is 6.08 Å². The van der Waals surface area contributed by atoms with Gasteiger partial charge in [0.25, 0.3) is 5.56 Å². The van der Waals surface area contributed by atoms with Crippen molar-refractivity contribution in [1.29, 1.82) is 0 Å². The van der Waals surface area contributed by atoms with Gasteiger partial charge in [-0.25, -0.2) is 4.39 Å². The lowest BCUT2D eigenvalue weighted by Gasteiger charge is -1.90. The Morgan fingerprint density at radius 2 is 2.20 bits per heavy atom. The maximum absolute atomic E-state index is 12.3. The summed E-state index contributed by atoms with van der Waals surface area (Å²) in [5.41, 5.74) is -0.105. The topological polar surface area (TPSA) is 61.0 Å². The summed E-state index contributed by atoms with van der Waals surface area (Å²) >= 11 is 0. The zero-order valence-corrected chi connectivity index (χ0v) is 7.56. The lowest BCUT2D eigenvalue weighted by molar-refractivity contribution is 0.371. The molecule has 0 aliphatic heterocycles. The number of aromatic amines is 2. The summed E-state index contributed by atoms with van der Waals surface area (Å²) in [6.45, 7) is -0.131. The van der Waals surface area contributed by atoms with Gasteiger partial charge in [-0.05, 0) is 0 Å². The molecule has 0 fully saturated rings. The number of H-pyrrole nitrogens is 2. The third-order valence-corrected chi connectivity index (χ3v) is 1.57. The molecule has 1 heterocycles. The third kappa shape index (κ3) is 3.45. The maximum atomic E-state index is 12.3. The zero-order valence-electron chi connectivity index (χ0n) is 7.56. The molecule has 0 bridgehead atoms. The van der Waals surface area contributed by atoms with Gasteiger partial charge in [0.1, 0.15) is 0 Å². The Morgan fingerprint density at radius 1 is 1.47 bits per heavy atom. The second-order valence-electron chi connectivity index (χ2n) is 2.65. The van der Waals surface area contributed by atoms with E-state index < -0.39 is 18.3 Å². The first-order valence-corrected chi connectivity index (χ1v) is 4.07. The monoisotopic (exact) mass is 219 g/mol. The van der Waals surface area contributed by atoms with E-state index in [1.54, 1.807) is 0 Å². The molecular weight excluding hydrogens is 211 g/mol. The van der Waals surface area contributed by atoms with E-state index in [0.29, 0.717) is 0 Å². The van der Waals surface area contributed by atoms with Gasteiger partial charge in [0.05, 0.1) is 5.56 Å². The molecule has 0 atom stereocenters. The van der Waals surface area contributed by atoms with Crippen molar-refractivity contribution in [2.75, 3.05) is 6.54 Å². The lowest BCUT2D eigenvalue weighted by atomic mass is 10.3. The van der Waals surface area contributed by atoms with E-state index in [9.17, 15) is 18.0 Å². The van der Waals surface area contributed by atoms with Crippen LogP contribution in [0.25, 0.3) is 0 Å². The Kier molecular flexibility index (Phi) is 3.90. The van der Waals surface area contributed by atoms with Gasteiger partial charge in [-0.2, -0.15) is 8.78 Å². The molecule has 2 N–H and O–H groups in total. The number of nitrogens with one attached hydrogen (secondary N) is 2. The Balaban J connectivity index is 2.46. The standard InChI is InChI=1S/C8H8F3N3O/c9-6(7(10)11)1-2-12-3-5-4-13-14-8(5)15/h3-4H,1-2H2,(H2,13,14,15). The minimum atomic E-state index is -2.33. The molecule has 0 aliphatic carbocycles. The third-order valence-electron chi connectivity index (χ3n) is 1.57. The molecule has 4 nitrogen and oxygen atoms in total. The van der Waals surface area contributed by atoms with E-state index >= 15 is 0 Å². The molecule has 1 aromatic rings. The molecule has 15 heavy (non-hydrogen) atoms. The number of aliphatic imine (C=N–C) groups is 1. The van der Waals surface area contributed by atoms with Crippen molar-refractivity contribution in [3.63, 3.8) is 0 Å². The van der Waals surface area contributed by atoms with E-state index in [0.717, 1.165) is 0 Å². The molecular formula is C8H8F3N3O. The van der Waals surface area contributed by atoms with Crippen molar-refractivity contribution in [2.24, 2.45) is 4.99 Å². The second kappa shape index (κ2) is 5.18. The average Bonchev–Trinajstić information content (AvgIpc) is 2.58. The summed E-state index contributed by atoms with van der Waals surface area (Å²) in [6, 6.07) is 0. The Labute approximate surface area is 82.5 Å². The van der Waals surface area contributed by atoms with Gasteiger partial charge in [0.2, 0.25) is 0 Å². The smallest absolute Gasteiger partial charge is 0.301 e. The largest absolute Gasteiger partial charge is 0.305 e. The minimum Gasteiger partial charge on any atom is -0.305 e. The van der Waals surface area contributed by atoms with Crippen LogP contribution in [0, 0.1) is 0 Å². The summed E-state index contributed by atoms with van der Waals surface area (Å²) < 4.78 is 35.4. The molecule has 0 saturated carbocycles. The van der Waals surface area contributed by atoms with Gasteiger partial charge < -0.3 is 5.10 Å². The molecule has 0 saturated heterocycles. The van der Waals surface area contributed by atoms with Crippen LogP contribution in [0.4, 0.5) is 13.2 Å². The predicted octanol–water partition coefficient (Wildman–Crippen LogP) is 1.59. The van der Waals surface area contributed by atoms with Crippen LogP contribution < -0.4 is 5.56 Å². The van der Waals surface area contributed by atoms with E-state index in [-0.39, 0.29) is 17.7 Å². The number of hydrogen-bond acceptors (Lipinski definition) is 2. The average molecular weight is 219 g/mol. The molecule has 0 radical (unpaired) electrons. The van der Waals surface area contributed by atoms with Crippen LogP contribution in [-0.4, -0.2) is 23.0 Å². The first kappa shape index (κ1) is 11.3. The van der Waals surface area contributed by atoms with E-state index in [1.807, 2.05) is 0 Å². The first-order valence-electron chi connectivity index (χ1n) is 4.07. The van der Waals surface area contributed by atoms with Crippen molar-refractivity contribution < 1.29 is 13.2 Å². The highest BCUT2D eigenvalue weighted by molar-refractivity contribution is 5.78. The van der Waals surface area contributed by atoms with Gasteiger partial charge in [-0.1, -0.05) is 0 Å². The summed E-state index contributed by atoms with van der Waals surface area (Å²) in [5, 5.41) is 4.70. The van der Waals surface area contributed by atoms with Crippen molar-refractivity contribution in [1.82, 2.24) is 10.2 Å². The second-order valence-corrected chi connectivity index (χ2v) is 2.65. The summed E-state index contributed by atoms with van der Waals surface area (Å²) in [5.74, 6) is -1.48.